The van der Waals surface area contributed by atoms with Gasteiger partial charge in [-0.15, -0.1) is 0 Å². The monoisotopic (exact) mass is 634 g/mol. The van der Waals surface area contributed by atoms with Crippen molar-refractivity contribution in [2.24, 2.45) is 0 Å². The fraction of sp³-hybridized carbons (Fsp3) is 0.188. The second-order valence-electron chi connectivity index (χ2n) is 4.90. The van der Waals surface area contributed by atoms with Crippen LogP contribution in [-0.4, -0.2) is 11.1 Å². The molecule has 0 aliphatic heterocycles. The van der Waals surface area contributed by atoms with Gasteiger partial charge in [-0.1, -0.05) is 0 Å². The van der Waals surface area contributed by atoms with Crippen molar-refractivity contribution in [1.29, 1.82) is 0 Å². The summed E-state index contributed by atoms with van der Waals surface area (Å²) >= 11 is 6.50. The maximum absolute atomic E-state index is 12.6. The van der Waals surface area contributed by atoms with Crippen molar-refractivity contribution in [3.8, 4) is 11.5 Å². The van der Waals surface area contributed by atoms with Gasteiger partial charge in [0.1, 0.15) is 11.5 Å². The minimum absolute atomic E-state index is 0.246. The number of ether oxygens (including phenoxy) is 1. The zero-order valence-corrected chi connectivity index (χ0v) is 18.6. The van der Waals surface area contributed by atoms with Gasteiger partial charge in [0.05, 0.1) is 5.56 Å². The molecule has 1 N–H and O–H groups in total. The number of carbonyl (C=O) groups is 1. The number of halogens is 3. The van der Waals surface area contributed by atoms with Crippen LogP contribution in [0.3, 0.4) is 0 Å². The number of aromatic hydroxyl groups is 1. The van der Waals surface area contributed by atoms with Crippen LogP contribution in [0.25, 0.3) is 0 Å². The molecule has 0 radical (unpaired) electrons. The SMILES string of the molecule is Cc1cc(OC(=O)c2c(I)ccc(I)c2I)c(C)c(C)c1O. The van der Waals surface area contributed by atoms with E-state index in [2.05, 4.69) is 67.8 Å². The quantitative estimate of drug-likeness (QED) is 0.210. The first-order valence-corrected chi connectivity index (χ1v) is 9.63. The lowest BCUT2D eigenvalue weighted by atomic mass is 10.0. The fourth-order valence-corrected chi connectivity index (χ4v) is 4.33. The van der Waals surface area contributed by atoms with Crippen LogP contribution < -0.4 is 4.74 Å². The van der Waals surface area contributed by atoms with Crippen LogP contribution in [0.2, 0.25) is 0 Å². The largest absolute Gasteiger partial charge is 0.507 e. The Morgan fingerprint density at radius 2 is 1.64 bits per heavy atom. The summed E-state index contributed by atoms with van der Waals surface area (Å²) in [7, 11) is 0. The number of phenols is 1. The molecule has 0 unspecified atom stereocenters. The van der Waals surface area contributed by atoms with Crippen LogP contribution in [-0.2, 0) is 0 Å². The maximum atomic E-state index is 12.6. The Morgan fingerprint density at radius 3 is 2.27 bits per heavy atom. The molecule has 22 heavy (non-hydrogen) atoms. The Balaban J connectivity index is 2.45. The standard InChI is InChI=1S/C16H13I3O3/c1-7-6-12(8(2)9(3)15(7)20)22-16(21)13-10(17)4-5-11(18)14(13)19/h4-6,20H,1-3H3. The second-order valence-corrected chi connectivity index (χ2v) is 8.30. The van der Waals surface area contributed by atoms with Gasteiger partial charge in [0.2, 0.25) is 0 Å². The number of hydrogen-bond acceptors (Lipinski definition) is 3. The van der Waals surface area contributed by atoms with E-state index in [0.717, 1.165) is 21.8 Å². The minimum atomic E-state index is -0.375. The predicted molar refractivity (Wildman–Crippen MR) is 112 cm³/mol. The van der Waals surface area contributed by atoms with Crippen molar-refractivity contribution < 1.29 is 14.6 Å². The summed E-state index contributed by atoms with van der Waals surface area (Å²) in [4.78, 5) is 12.6. The molecule has 0 aliphatic carbocycles. The fourth-order valence-electron chi connectivity index (χ4n) is 2.00. The van der Waals surface area contributed by atoms with E-state index in [9.17, 15) is 9.90 Å². The average Bonchev–Trinajstić information content (AvgIpc) is 2.47. The number of phenolic OH excluding ortho intramolecular Hbond substituents is 1. The van der Waals surface area contributed by atoms with Crippen molar-refractivity contribution in [1.82, 2.24) is 0 Å². The Morgan fingerprint density at radius 1 is 1.05 bits per heavy atom. The Kier molecular flexibility index (Phi) is 5.97. The van der Waals surface area contributed by atoms with Crippen molar-refractivity contribution in [3.63, 3.8) is 0 Å². The van der Waals surface area contributed by atoms with Crippen molar-refractivity contribution >= 4 is 73.7 Å². The van der Waals surface area contributed by atoms with E-state index < -0.39 is 0 Å². The predicted octanol–water partition coefficient (Wildman–Crippen LogP) is 5.35. The molecule has 6 heteroatoms. The summed E-state index contributed by atoms with van der Waals surface area (Å²) in [6, 6.07) is 5.57. The van der Waals surface area contributed by atoms with Gasteiger partial charge in [0, 0.05) is 10.7 Å². The number of rotatable bonds is 2. The Hall–Kier alpha value is -0.100. The average molecular weight is 634 g/mol. The first kappa shape index (κ1) is 18.2. The van der Waals surface area contributed by atoms with E-state index in [1.807, 2.05) is 26.0 Å². The van der Waals surface area contributed by atoms with E-state index in [0.29, 0.717) is 16.9 Å². The molecule has 116 valence electrons. The zero-order valence-electron chi connectivity index (χ0n) is 12.1. The highest BCUT2D eigenvalue weighted by atomic mass is 127. The summed E-state index contributed by atoms with van der Waals surface area (Å²) in [6.45, 7) is 5.44. The summed E-state index contributed by atoms with van der Waals surface area (Å²) in [6.07, 6.45) is 0. The third-order valence-corrected chi connectivity index (χ3v) is 7.41. The summed E-state index contributed by atoms with van der Waals surface area (Å²) < 4.78 is 8.36. The number of hydrogen-bond donors (Lipinski definition) is 1. The Bertz CT molecular complexity index is 770. The van der Waals surface area contributed by atoms with Crippen molar-refractivity contribution in [3.05, 3.63) is 51.2 Å². The smallest absolute Gasteiger partial charge is 0.345 e. The van der Waals surface area contributed by atoms with Gasteiger partial charge < -0.3 is 9.84 Å². The molecule has 0 aliphatic rings. The molecule has 2 aromatic carbocycles. The van der Waals surface area contributed by atoms with Crippen LogP contribution in [0, 0.1) is 31.5 Å². The van der Waals surface area contributed by atoms with E-state index in [1.165, 1.54) is 0 Å². The van der Waals surface area contributed by atoms with Crippen molar-refractivity contribution in [2.45, 2.75) is 20.8 Å². The van der Waals surface area contributed by atoms with E-state index in [4.69, 9.17) is 4.74 Å². The van der Waals surface area contributed by atoms with Crippen LogP contribution in [0.5, 0.6) is 11.5 Å². The van der Waals surface area contributed by atoms with Gasteiger partial charge in [-0.3, -0.25) is 0 Å². The number of esters is 1. The third kappa shape index (κ3) is 3.53. The minimum Gasteiger partial charge on any atom is -0.507 e. The highest BCUT2D eigenvalue weighted by molar-refractivity contribution is 14.1. The van der Waals surface area contributed by atoms with E-state index in [1.54, 1.807) is 13.0 Å². The van der Waals surface area contributed by atoms with Gasteiger partial charge in [-0.05, 0) is 123 Å². The summed E-state index contributed by atoms with van der Waals surface area (Å²) in [5.41, 5.74) is 2.77. The first-order chi connectivity index (χ1) is 10.2. The van der Waals surface area contributed by atoms with E-state index in [-0.39, 0.29) is 11.7 Å². The molecule has 2 aromatic rings. The normalized spacial score (nSPS) is 10.6. The first-order valence-electron chi connectivity index (χ1n) is 6.39. The molecular formula is C16H13I3O3. The molecule has 0 saturated heterocycles. The zero-order chi connectivity index (χ0) is 16.6. The van der Waals surface area contributed by atoms with Crippen LogP contribution in [0.15, 0.2) is 18.2 Å². The van der Waals surface area contributed by atoms with Gasteiger partial charge in [-0.25, -0.2) is 4.79 Å². The van der Waals surface area contributed by atoms with Crippen molar-refractivity contribution in [2.75, 3.05) is 0 Å². The van der Waals surface area contributed by atoms with Crippen LogP contribution >= 0.6 is 67.8 Å². The van der Waals surface area contributed by atoms with Gasteiger partial charge >= 0.3 is 5.97 Å². The molecule has 0 amide bonds. The lowest BCUT2D eigenvalue weighted by Gasteiger charge is -2.14. The van der Waals surface area contributed by atoms with Crippen LogP contribution in [0.4, 0.5) is 0 Å². The summed E-state index contributed by atoms with van der Waals surface area (Å²) in [5, 5.41) is 9.94. The molecule has 0 fully saturated rings. The molecule has 3 nitrogen and oxygen atoms in total. The second kappa shape index (κ2) is 7.20. The van der Waals surface area contributed by atoms with Gasteiger partial charge in [-0.2, -0.15) is 0 Å². The molecule has 0 heterocycles. The molecule has 2 rings (SSSR count). The molecule has 0 bridgehead atoms. The number of aryl methyl sites for hydroxylation is 1. The highest BCUT2D eigenvalue weighted by Crippen LogP contribution is 2.33. The van der Waals surface area contributed by atoms with Gasteiger partial charge in [0.25, 0.3) is 0 Å². The molecular weight excluding hydrogens is 621 g/mol. The lowest BCUT2D eigenvalue weighted by Crippen LogP contribution is -2.14. The molecule has 0 saturated carbocycles. The van der Waals surface area contributed by atoms with E-state index >= 15 is 0 Å². The number of carbonyl (C=O) groups excluding carboxylic acids is 1. The third-order valence-electron chi connectivity index (χ3n) is 3.46. The van der Waals surface area contributed by atoms with Crippen LogP contribution in [0.1, 0.15) is 27.0 Å². The maximum Gasteiger partial charge on any atom is 0.345 e. The lowest BCUT2D eigenvalue weighted by molar-refractivity contribution is 0.0731. The molecule has 0 spiro atoms. The number of benzene rings is 2. The summed E-state index contributed by atoms with van der Waals surface area (Å²) in [5.74, 6) is 0.360. The molecule has 0 atom stereocenters. The topological polar surface area (TPSA) is 46.5 Å². The van der Waals surface area contributed by atoms with Gasteiger partial charge in [0.15, 0.2) is 0 Å². The highest BCUT2D eigenvalue weighted by Gasteiger charge is 2.20. The Labute approximate surface area is 170 Å². The molecule has 0 aromatic heterocycles.